The van der Waals surface area contributed by atoms with E-state index < -0.39 is 6.10 Å². The van der Waals surface area contributed by atoms with Crippen LogP contribution < -0.4 is 0 Å². The quantitative estimate of drug-likeness (QED) is 0.656. The molecule has 0 aromatic carbocycles. The van der Waals surface area contributed by atoms with E-state index in [1.165, 1.54) is 0 Å². The van der Waals surface area contributed by atoms with Crippen LogP contribution in [0.5, 0.6) is 0 Å². The topological polar surface area (TPSA) is 46.0 Å². The Balaban J connectivity index is 3.09. The van der Waals surface area contributed by atoms with Crippen LogP contribution in [0.4, 0.5) is 0 Å². The van der Waals surface area contributed by atoms with Crippen molar-refractivity contribution in [3.8, 4) is 0 Å². The Hall–Kier alpha value is -0.960. The Morgan fingerprint density at radius 1 is 1.45 bits per heavy atom. The maximum absolute atomic E-state index is 9.22. The van der Waals surface area contributed by atoms with E-state index in [1.54, 1.807) is 13.1 Å². The SMILES string of the molecule is Cc1ncc([C@@H](C)O)c(C)n1. The Morgan fingerprint density at radius 3 is 2.55 bits per heavy atom. The van der Waals surface area contributed by atoms with Crippen LogP contribution in [0, 0.1) is 13.8 Å². The molecular formula is C8H12N2O. The van der Waals surface area contributed by atoms with Crippen LogP contribution in [-0.2, 0) is 0 Å². The van der Waals surface area contributed by atoms with Gasteiger partial charge in [0.05, 0.1) is 6.10 Å². The van der Waals surface area contributed by atoms with Gasteiger partial charge in [0.2, 0.25) is 0 Å². The lowest BCUT2D eigenvalue weighted by atomic mass is 10.1. The van der Waals surface area contributed by atoms with Gasteiger partial charge in [0, 0.05) is 17.5 Å². The summed E-state index contributed by atoms with van der Waals surface area (Å²) in [5.41, 5.74) is 1.66. The maximum Gasteiger partial charge on any atom is 0.125 e. The second kappa shape index (κ2) is 2.96. The number of aliphatic hydroxyl groups excluding tert-OH is 1. The molecular weight excluding hydrogens is 140 g/mol. The molecule has 3 heteroatoms. The van der Waals surface area contributed by atoms with Crippen LogP contribution in [0.25, 0.3) is 0 Å². The lowest BCUT2D eigenvalue weighted by molar-refractivity contribution is 0.197. The Kier molecular flexibility index (Phi) is 2.19. The first kappa shape index (κ1) is 8.14. The number of rotatable bonds is 1. The molecule has 0 saturated carbocycles. The van der Waals surface area contributed by atoms with Crippen LogP contribution in [-0.4, -0.2) is 15.1 Å². The fraction of sp³-hybridized carbons (Fsp3) is 0.500. The molecule has 0 unspecified atom stereocenters. The number of nitrogens with zero attached hydrogens (tertiary/aromatic N) is 2. The van der Waals surface area contributed by atoms with Crippen LogP contribution in [0.2, 0.25) is 0 Å². The lowest BCUT2D eigenvalue weighted by Gasteiger charge is -2.06. The second-order valence-corrected chi connectivity index (χ2v) is 2.63. The number of aliphatic hydroxyl groups is 1. The van der Waals surface area contributed by atoms with Crippen molar-refractivity contribution in [3.05, 3.63) is 23.3 Å². The largest absolute Gasteiger partial charge is 0.389 e. The normalized spacial score (nSPS) is 13.1. The van der Waals surface area contributed by atoms with E-state index in [0.717, 1.165) is 17.1 Å². The van der Waals surface area contributed by atoms with Gasteiger partial charge >= 0.3 is 0 Å². The summed E-state index contributed by atoms with van der Waals surface area (Å²) < 4.78 is 0. The van der Waals surface area contributed by atoms with Gasteiger partial charge in [-0.15, -0.1) is 0 Å². The third-order valence-electron chi connectivity index (χ3n) is 1.59. The minimum absolute atomic E-state index is 0.476. The highest BCUT2D eigenvalue weighted by Gasteiger charge is 2.05. The minimum atomic E-state index is -0.476. The molecule has 1 aromatic rings. The summed E-state index contributed by atoms with van der Waals surface area (Å²) in [5, 5.41) is 9.22. The van der Waals surface area contributed by atoms with Crippen molar-refractivity contribution < 1.29 is 5.11 Å². The van der Waals surface area contributed by atoms with Gasteiger partial charge in [0.15, 0.2) is 0 Å². The molecule has 1 aromatic heterocycles. The van der Waals surface area contributed by atoms with E-state index in [2.05, 4.69) is 9.97 Å². The maximum atomic E-state index is 9.22. The average Bonchev–Trinajstić information content (AvgIpc) is 1.85. The molecule has 3 nitrogen and oxygen atoms in total. The fourth-order valence-corrected chi connectivity index (χ4v) is 1.00. The molecule has 0 aliphatic heterocycles. The molecule has 1 atom stereocenters. The van der Waals surface area contributed by atoms with Gasteiger partial charge in [-0.1, -0.05) is 0 Å². The van der Waals surface area contributed by atoms with Crippen molar-refractivity contribution in [1.82, 2.24) is 9.97 Å². The second-order valence-electron chi connectivity index (χ2n) is 2.63. The summed E-state index contributed by atoms with van der Waals surface area (Å²) in [7, 11) is 0. The average molecular weight is 152 g/mol. The Bertz CT molecular complexity index is 258. The summed E-state index contributed by atoms with van der Waals surface area (Å²) in [6, 6.07) is 0. The third-order valence-corrected chi connectivity index (χ3v) is 1.59. The Labute approximate surface area is 66.1 Å². The van der Waals surface area contributed by atoms with Crippen molar-refractivity contribution in [2.75, 3.05) is 0 Å². The van der Waals surface area contributed by atoms with E-state index in [-0.39, 0.29) is 0 Å². The summed E-state index contributed by atoms with van der Waals surface area (Å²) in [5.74, 6) is 0.743. The van der Waals surface area contributed by atoms with Gasteiger partial charge in [-0.2, -0.15) is 0 Å². The van der Waals surface area contributed by atoms with E-state index >= 15 is 0 Å². The van der Waals surface area contributed by atoms with Gasteiger partial charge in [-0.3, -0.25) is 0 Å². The van der Waals surface area contributed by atoms with Crippen LogP contribution in [0.15, 0.2) is 6.20 Å². The molecule has 0 radical (unpaired) electrons. The zero-order valence-corrected chi connectivity index (χ0v) is 7.00. The molecule has 11 heavy (non-hydrogen) atoms. The standard InChI is InChI=1S/C8H12N2O/c1-5-8(6(2)11)4-9-7(3)10-5/h4,6,11H,1-3H3/t6-/m1/s1. The smallest absolute Gasteiger partial charge is 0.125 e. The minimum Gasteiger partial charge on any atom is -0.389 e. The molecule has 0 aliphatic rings. The van der Waals surface area contributed by atoms with Crippen molar-refractivity contribution >= 4 is 0 Å². The fourth-order valence-electron chi connectivity index (χ4n) is 1.00. The van der Waals surface area contributed by atoms with Crippen LogP contribution >= 0.6 is 0 Å². The zero-order chi connectivity index (χ0) is 8.43. The molecule has 1 heterocycles. The molecule has 1 N–H and O–H groups in total. The van der Waals surface area contributed by atoms with Crippen LogP contribution in [0.1, 0.15) is 30.1 Å². The summed E-state index contributed by atoms with van der Waals surface area (Å²) in [6.45, 7) is 5.41. The van der Waals surface area contributed by atoms with E-state index in [0.29, 0.717) is 0 Å². The number of aryl methyl sites for hydroxylation is 2. The molecule has 0 bridgehead atoms. The van der Waals surface area contributed by atoms with Crippen molar-refractivity contribution in [2.24, 2.45) is 0 Å². The first-order valence-electron chi connectivity index (χ1n) is 3.59. The first-order chi connectivity index (χ1) is 5.11. The molecule has 0 fully saturated rings. The number of hydrogen-bond donors (Lipinski definition) is 1. The summed E-state index contributed by atoms with van der Waals surface area (Å²) in [6.07, 6.45) is 1.19. The monoisotopic (exact) mass is 152 g/mol. The molecule has 1 rings (SSSR count). The highest BCUT2D eigenvalue weighted by molar-refractivity contribution is 5.17. The predicted octanol–water partition coefficient (Wildman–Crippen LogP) is 1.15. The molecule has 0 spiro atoms. The highest BCUT2D eigenvalue weighted by Crippen LogP contribution is 2.13. The van der Waals surface area contributed by atoms with Crippen molar-refractivity contribution in [2.45, 2.75) is 26.9 Å². The van der Waals surface area contributed by atoms with E-state index in [9.17, 15) is 5.11 Å². The number of aromatic nitrogens is 2. The van der Waals surface area contributed by atoms with Gasteiger partial charge in [0.25, 0.3) is 0 Å². The summed E-state index contributed by atoms with van der Waals surface area (Å²) in [4.78, 5) is 8.11. The lowest BCUT2D eigenvalue weighted by Crippen LogP contribution is -2.00. The van der Waals surface area contributed by atoms with Crippen molar-refractivity contribution in [3.63, 3.8) is 0 Å². The van der Waals surface area contributed by atoms with E-state index in [1.807, 2.05) is 13.8 Å². The van der Waals surface area contributed by atoms with Gasteiger partial charge in [-0.05, 0) is 20.8 Å². The predicted molar refractivity (Wildman–Crippen MR) is 42.1 cm³/mol. The third kappa shape index (κ3) is 1.74. The molecule has 0 aliphatic carbocycles. The zero-order valence-electron chi connectivity index (χ0n) is 7.00. The number of hydrogen-bond acceptors (Lipinski definition) is 3. The van der Waals surface area contributed by atoms with Crippen LogP contribution in [0.3, 0.4) is 0 Å². The summed E-state index contributed by atoms with van der Waals surface area (Å²) >= 11 is 0. The molecule has 0 amide bonds. The van der Waals surface area contributed by atoms with E-state index in [4.69, 9.17) is 0 Å². The van der Waals surface area contributed by atoms with Crippen molar-refractivity contribution in [1.29, 1.82) is 0 Å². The van der Waals surface area contributed by atoms with Gasteiger partial charge in [-0.25, -0.2) is 9.97 Å². The van der Waals surface area contributed by atoms with Gasteiger partial charge < -0.3 is 5.11 Å². The highest BCUT2D eigenvalue weighted by atomic mass is 16.3. The first-order valence-corrected chi connectivity index (χ1v) is 3.59. The van der Waals surface area contributed by atoms with Gasteiger partial charge in [0.1, 0.15) is 5.82 Å². The Morgan fingerprint density at radius 2 is 2.09 bits per heavy atom. The molecule has 60 valence electrons. The molecule has 0 saturated heterocycles.